The zero-order valence-electron chi connectivity index (χ0n) is 18.9. The summed E-state index contributed by atoms with van der Waals surface area (Å²) in [5.74, 6) is 3.67. The van der Waals surface area contributed by atoms with Gasteiger partial charge in [0.1, 0.15) is 0 Å². The first-order chi connectivity index (χ1) is 15.0. The SMILES string of the molecule is Cc1cc(C)cc(-c2cccc(-c3cc(C)cc(C)c3)c2N2[C]SC3=C2CCCC3)c1. The van der Waals surface area contributed by atoms with Gasteiger partial charge in [0.2, 0.25) is 0 Å². The van der Waals surface area contributed by atoms with Crippen molar-refractivity contribution >= 4 is 17.4 Å². The lowest BCUT2D eigenvalue weighted by molar-refractivity contribution is 0.687. The molecule has 2 heteroatoms. The van der Waals surface area contributed by atoms with Crippen LogP contribution in [0.25, 0.3) is 22.3 Å². The van der Waals surface area contributed by atoms with Gasteiger partial charge in [0.25, 0.3) is 0 Å². The fraction of sp³-hybridized carbons (Fsp3) is 0.276. The summed E-state index contributed by atoms with van der Waals surface area (Å²) in [5.41, 5.74) is 13.1. The molecule has 0 saturated heterocycles. The summed E-state index contributed by atoms with van der Waals surface area (Å²) in [7, 11) is 0. The molecule has 1 aliphatic heterocycles. The third-order valence-electron chi connectivity index (χ3n) is 6.24. The van der Waals surface area contributed by atoms with Crippen LogP contribution in [0.3, 0.4) is 0 Å². The Kier molecular flexibility index (Phi) is 5.44. The van der Waals surface area contributed by atoms with Crippen LogP contribution in [0.15, 0.2) is 65.2 Å². The van der Waals surface area contributed by atoms with Crippen molar-refractivity contribution in [2.45, 2.75) is 53.4 Å². The van der Waals surface area contributed by atoms with Gasteiger partial charge >= 0.3 is 0 Å². The first-order valence-electron chi connectivity index (χ1n) is 11.2. The molecule has 1 nitrogen and oxygen atoms in total. The van der Waals surface area contributed by atoms with E-state index < -0.39 is 0 Å². The monoisotopic (exact) mass is 423 g/mol. The van der Waals surface area contributed by atoms with Crippen molar-refractivity contribution in [2.75, 3.05) is 4.90 Å². The summed E-state index contributed by atoms with van der Waals surface area (Å²) in [6.07, 6.45) is 4.89. The zero-order valence-corrected chi connectivity index (χ0v) is 19.7. The number of benzene rings is 3. The fourth-order valence-electron chi connectivity index (χ4n) is 5.06. The molecule has 0 unspecified atom stereocenters. The molecule has 2 aliphatic rings. The van der Waals surface area contributed by atoms with Crippen molar-refractivity contribution in [3.8, 4) is 22.3 Å². The smallest absolute Gasteiger partial charge is 0.169 e. The third-order valence-corrected chi connectivity index (χ3v) is 7.20. The Labute approximate surface area is 191 Å². The Hall–Kier alpha value is -2.45. The van der Waals surface area contributed by atoms with E-state index in [0.29, 0.717) is 0 Å². The second-order valence-electron chi connectivity index (χ2n) is 9.06. The fourth-order valence-corrected chi connectivity index (χ4v) is 6.02. The molecule has 0 amide bonds. The molecule has 31 heavy (non-hydrogen) atoms. The molecular weight excluding hydrogens is 394 g/mol. The van der Waals surface area contributed by atoms with E-state index in [2.05, 4.69) is 93.1 Å². The Morgan fingerprint density at radius 1 is 0.710 bits per heavy atom. The molecule has 5 rings (SSSR count). The number of allylic oxidation sites excluding steroid dienone is 2. The lowest BCUT2D eigenvalue weighted by Gasteiger charge is -2.28. The molecule has 3 aromatic rings. The first kappa shape index (κ1) is 20.5. The summed E-state index contributed by atoms with van der Waals surface area (Å²) < 4.78 is 0. The number of hydrogen-bond acceptors (Lipinski definition) is 2. The van der Waals surface area contributed by atoms with Gasteiger partial charge in [-0.05, 0) is 64.5 Å². The van der Waals surface area contributed by atoms with Crippen LogP contribution in [0.5, 0.6) is 0 Å². The minimum absolute atomic E-state index is 1.14. The van der Waals surface area contributed by atoms with Gasteiger partial charge in [0, 0.05) is 21.7 Å². The molecule has 0 N–H and O–H groups in total. The van der Waals surface area contributed by atoms with Crippen LogP contribution in [-0.4, -0.2) is 0 Å². The molecule has 1 heterocycles. The van der Waals surface area contributed by atoms with Crippen LogP contribution in [0.1, 0.15) is 47.9 Å². The molecule has 2 radical (unpaired) electrons. The average Bonchev–Trinajstić information content (AvgIpc) is 3.15. The summed E-state index contributed by atoms with van der Waals surface area (Å²) in [6.45, 7) is 8.76. The van der Waals surface area contributed by atoms with Crippen LogP contribution >= 0.6 is 11.8 Å². The van der Waals surface area contributed by atoms with Crippen LogP contribution in [-0.2, 0) is 0 Å². The highest BCUT2D eigenvalue weighted by atomic mass is 32.2. The van der Waals surface area contributed by atoms with Gasteiger partial charge in [-0.1, -0.05) is 88.6 Å². The molecule has 0 fully saturated rings. The van der Waals surface area contributed by atoms with Gasteiger partial charge in [-0.3, -0.25) is 0 Å². The van der Waals surface area contributed by atoms with Gasteiger partial charge in [-0.25, -0.2) is 0 Å². The van der Waals surface area contributed by atoms with Crippen molar-refractivity contribution in [3.05, 3.63) is 93.3 Å². The number of anilines is 1. The van der Waals surface area contributed by atoms with Gasteiger partial charge in [0.15, 0.2) is 5.88 Å². The van der Waals surface area contributed by atoms with Crippen LogP contribution < -0.4 is 4.90 Å². The van der Waals surface area contributed by atoms with Crippen LogP contribution in [0.2, 0.25) is 0 Å². The van der Waals surface area contributed by atoms with E-state index in [1.807, 2.05) is 0 Å². The summed E-state index contributed by atoms with van der Waals surface area (Å²) in [4.78, 5) is 3.90. The van der Waals surface area contributed by atoms with E-state index in [0.717, 1.165) is 6.42 Å². The highest BCUT2D eigenvalue weighted by Crippen LogP contribution is 2.51. The van der Waals surface area contributed by atoms with Crippen LogP contribution in [0.4, 0.5) is 5.69 Å². The number of hydrogen-bond donors (Lipinski definition) is 0. The Balaban J connectivity index is 1.77. The Morgan fingerprint density at radius 3 is 1.77 bits per heavy atom. The van der Waals surface area contributed by atoms with E-state index >= 15 is 0 Å². The molecule has 0 atom stereocenters. The molecule has 0 saturated carbocycles. The van der Waals surface area contributed by atoms with Crippen molar-refractivity contribution in [1.82, 2.24) is 0 Å². The largest absolute Gasteiger partial charge is 0.321 e. The molecule has 156 valence electrons. The summed E-state index contributed by atoms with van der Waals surface area (Å²) in [6, 6.07) is 20.5. The first-order valence-corrected chi connectivity index (χ1v) is 12.1. The normalized spacial score (nSPS) is 16.1. The highest BCUT2D eigenvalue weighted by Gasteiger charge is 2.31. The van der Waals surface area contributed by atoms with E-state index in [1.165, 1.54) is 80.1 Å². The standard InChI is InChI=1S/C29H29NS/c1-19-12-20(2)15-23(14-19)25-8-7-9-26(24-16-21(3)13-22(4)17-24)29(25)30-18-31-28-11-6-5-10-27(28)30/h7-9,12-17H,5-6,10-11H2,1-4H3. The van der Waals surface area contributed by atoms with Gasteiger partial charge in [0.05, 0.1) is 5.69 Å². The van der Waals surface area contributed by atoms with E-state index in [1.54, 1.807) is 11.8 Å². The lowest BCUT2D eigenvalue weighted by Crippen LogP contribution is -2.18. The topological polar surface area (TPSA) is 3.24 Å². The van der Waals surface area contributed by atoms with E-state index in [9.17, 15) is 0 Å². The van der Waals surface area contributed by atoms with Gasteiger partial charge < -0.3 is 4.90 Å². The number of nitrogens with zero attached hydrogens (tertiary/aromatic N) is 1. The molecule has 3 aromatic carbocycles. The minimum Gasteiger partial charge on any atom is -0.321 e. The van der Waals surface area contributed by atoms with Crippen molar-refractivity contribution in [1.29, 1.82) is 0 Å². The quantitative estimate of drug-likeness (QED) is 0.415. The molecular formula is C29H29NS. The predicted molar refractivity (Wildman–Crippen MR) is 135 cm³/mol. The van der Waals surface area contributed by atoms with Crippen molar-refractivity contribution in [2.24, 2.45) is 0 Å². The summed E-state index contributed by atoms with van der Waals surface area (Å²) >= 11 is 1.81. The Morgan fingerprint density at radius 2 is 1.23 bits per heavy atom. The number of para-hydroxylation sites is 1. The minimum atomic E-state index is 1.14. The van der Waals surface area contributed by atoms with Gasteiger partial charge in [-0.15, -0.1) is 0 Å². The third kappa shape index (κ3) is 3.94. The molecule has 0 aromatic heterocycles. The maximum absolute atomic E-state index is 3.67. The predicted octanol–water partition coefficient (Wildman–Crippen LogP) is 8.59. The second kappa shape index (κ2) is 8.24. The van der Waals surface area contributed by atoms with E-state index in [4.69, 9.17) is 0 Å². The lowest BCUT2D eigenvalue weighted by atomic mass is 9.91. The zero-order chi connectivity index (χ0) is 21.5. The molecule has 0 spiro atoms. The van der Waals surface area contributed by atoms with Crippen molar-refractivity contribution < 1.29 is 0 Å². The van der Waals surface area contributed by atoms with Crippen molar-refractivity contribution in [3.63, 3.8) is 0 Å². The van der Waals surface area contributed by atoms with E-state index in [-0.39, 0.29) is 0 Å². The second-order valence-corrected chi connectivity index (χ2v) is 9.94. The van der Waals surface area contributed by atoms with Gasteiger partial charge in [-0.2, -0.15) is 0 Å². The Bertz CT molecular complexity index is 1080. The molecule has 0 bridgehead atoms. The average molecular weight is 424 g/mol. The number of rotatable bonds is 3. The maximum Gasteiger partial charge on any atom is 0.169 e. The molecule has 1 aliphatic carbocycles. The van der Waals surface area contributed by atoms with Crippen LogP contribution in [0, 0.1) is 33.6 Å². The highest BCUT2D eigenvalue weighted by molar-refractivity contribution is 8.05. The maximum atomic E-state index is 3.67. The number of thioether (sulfide) groups is 1. The summed E-state index contributed by atoms with van der Waals surface area (Å²) in [5, 5.41) is 0. The number of aryl methyl sites for hydroxylation is 4.